The summed E-state index contributed by atoms with van der Waals surface area (Å²) in [5, 5.41) is 6.59. The van der Waals surface area contributed by atoms with Gasteiger partial charge in [-0.3, -0.25) is 14.2 Å². The van der Waals surface area contributed by atoms with Crippen LogP contribution in [-0.4, -0.2) is 26.3 Å². The van der Waals surface area contributed by atoms with Crippen LogP contribution >= 0.6 is 11.6 Å². The standard InChI is InChI=1S/C28H26ClN5O2.2C2H6.C2H2/c1-3-9-23(17-29)32-28-30-18-21-15-20(14-19-10-6-5-7-11-19)27(36)34(26(21)33-28)24-13-8-12-22(16-24)31-25(35)4-2;3*1-2/h4-13,15-16,18H,2-3,14,17H2,1H3,(H,31,35)(H,30,32,33);2*1-2H3;1-2H/b23-9+;;;. The maximum atomic E-state index is 13.8. The van der Waals surface area contributed by atoms with Gasteiger partial charge in [-0.2, -0.15) is 4.98 Å². The molecule has 42 heavy (non-hydrogen) atoms. The lowest BCUT2D eigenvalue weighted by atomic mass is 10.1. The molecule has 2 heterocycles. The summed E-state index contributed by atoms with van der Waals surface area (Å²) >= 11 is 6.05. The Balaban J connectivity index is 0.00000138. The summed E-state index contributed by atoms with van der Waals surface area (Å²) in [7, 11) is 0. The molecule has 0 unspecified atom stereocenters. The first kappa shape index (κ1) is 35.4. The number of hydrogen-bond donors (Lipinski definition) is 2. The van der Waals surface area contributed by atoms with Gasteiger partial charge >= 0.3 is 0 Å². The van der Waals surface area contributed by atoms with Gasteiger partial charge in [0.25, 0.3) is 5.56 Å². The van der Waals surface area contributed by atoms with E-state index in [2.05, 4.69) is 40.0 Å². The molecular formula is C34H40ClN5O2. The second-order valence-electron chi connectivity index (χ2n) is 8.09. The van der Waals surface area contributed by atoms with Crippen molar-refractivity contribution >= 4 is 40.2 Å². The third kappa shape index (κ3) is 9.76. The number of pyridine rings is 1. The fourth-order valence-electron chi connectivity index (χ4n) is 3.84. The van der Waals surface area contributed by atoms with E-state index in [-0.39, 0.29) is 17.3 Å². The molecule has 0 atom stereocenters. The van der Waals surface area contributed by atoms with Crippen LogP contribution < -0.4 is 16.2 Å². The molecule has 0 aliphatic rings. The van der Waals surface area contributed by atoms with Crippen molar-refractivity contribution in [1.82, 2.24) is 14.5 Å². The van der Waals surface area contributed by atoms with Crippen LogP contribution in [0.3, 0.4) is 0 Å². The van der Waals surface area contributed by atoms with Crippen LogP contribution in [0.1, 0.15) is 52.2 Å². The predicted molar refractivity (Wildman–Crippen MR) is 179 cm³/mol. The Morgan fingerprint density at radius 1 is 1.02 bits per heavy atom. The third-order valence-electron chi connectivity index (χ3n) is 5.48. The number of nitrogens with one attached hydrogen (secondary N) is 2. The average Bonchev–Trinajstić information content (AvgIpc) is 3.05. The van der Waals surface area contributed by atoms with Crippen molar-refractivity contribution in [2.75, 3.05) is 16.5 Å². The molecule has 7 nitrogen and oxygen atoms in total. The Hall–Kier alpha value is -4.67. The summed E-state index contributed by atoms with van der Waals surface area (Å²) < 4.78 is 1.55. The molecule has 0 aliphatic heterocycles. The fraction of sp³-hybridized carbons (Fsp3) is 0.235. The van der Waals surface area contributed by atoms with Gasteiger partial charge in [0.1, 0.15) is 0 Å². The monoisotopic (exact) mass is 585 g/mol. The molecule has 2 aromatic carbocycles. The van der Waals surface area contributed by atoms with Gasteiger partial charge in [0.05, 0.1) is 11.6 Å². The molecule has 0 radical (unpaired) electrons. The number of halogens is 1. The molecule has 2 aromatic heterocycles. The molecule has 8 heteroatoms. The number of carbonyl (C=O) groups is 1. The molecule has 1 amide bonds. The minimum absolute atomic E-state index is 0.204. The van der Waals surface area contributed by atoms with Crippen LogP contribution in [0.2, 0.25) is 0 Å². The zero-order valence-corrected chi connectivity index (χ0v) is 25.8. The van der Waals surface area contributed by atoms with Crippen molar-refractivity contribution in [2.24, 2.45) is 0 Å². The van der Waals surface area contributed by atoms with E-state index in [0.717, 1.165) is 17.7 Å². The number of aromatic nitrogens is 3. The largest absolute Gasteiger partial charge is 0.327 e. The number of nitrogens with zero attached hydrogens (tertiary/aromatic N) is 3. The second-order valence-corrected chi connectivity index (χ2v) is 8.35. The van der Waals surface area contributed by atoms with Crippen LogP contribution in [0.4, 0.5) is 11.6 Å². The van der Waals surface area contributed by atoms with Crippen molar-refractivity contribution in [2.45, 2.75) is 47.5 Å². The van der Waals surface area contributed by atoms with Crippen LogP contribution in [-0.2, 0) is 11.2 Å². The number of hydrogen-bond acceptors (Lipinski definition) is 5. The van der Waals surface area contributed by atoms with Gasteiger partial charge < -0.3 is 10.6 Å². The SMILES string of the molecule is C#C.C=CC(=O)Nc1cccc(-n2c(=O)c(Cc3ccccc3)cc3cnc(N/C(=C/CC)CCl)nc32)c1.CC.CC. The van der Waals surface area contributed by atoms with Crippen LogP contribution in [0.25, 0.3) is 16.7 Å². The lowest BCUT2D eigenvalue weighted by molar-refractivity contribution is -0.111. The van der Waals surface area contributed by atoms with E-state index in [4.69, 9.17) is 11.6 Å². The van der Waals surface area contributed by atoms with Crippen molar-refractivity contribution in [3.05, 3.63) is 113 Å². The maximum absolute atomic E-state index is 13.8. The van der Waals surface area contributed by atoms with Crippen LogP contribution in [0.5, 0.6) is 0 Å². The van der Waals surface area contributed by atoms with E-state index in [9.17, 15) is 9.59 Å². The van der Waals surface area contributed by atoms with Gasteiger partial charge in [-0.15, -0.1) is 24.4 Å². The molecule has 0 saturated carbocycles. The number of anilines is 2. The molecule has 0 bridgehead atoms. The molecule has 4 rings (SSSR count). The van der Waals surface area contributed by atoms with Gasteiger partial charge in [0.15, 0.2) is 5.65 Å². The first-order valence-corrected chi connectivity index (χ1v) is 14.4. The lowest BCUT2D eigenvalue weighted by Crippen LogP contribution is -2.24. The summed E-state index contributed by atoms with van der Waals surface area (Å²) in [4.78, 5) is 34.8. The zero-order valence-electron chi connectivity index (χ0n) is 25.0. The van der Waals surface area contributed by atoms with Crippen molar-refractivity contribution in [3.8, 4) is 18.5 Å². The highest BCUT2D eigenvalue weighted by Crippen LogP contribution is 2.21. The van der Waals surface area contributed by atoms with E-state index in [1.165, 1.54) is 6.08 Å². The number of benzene rings is 2. The first-order chi connectivity index (χ1) is 20.5. The lowest BCUT2D eigenvalue weighted by Gasteiger charge is -2.15. The molecule has 0 spiro atoms. The second kappa shape index (κ2) is 19.4. The number of terminal acetylenes is 1. The fourth-order valence-corrected chi connectivity index (χ4v) is 4.02. The molecular weight excluding hydrogens is 546 g/mol. The van der Waals surface area contributed by atoms with E-state index in [1.54, 1.807) is 35.0 Å². The number of rotatable bonds is 9. The van der Waals surface area contributed by atoms with Gasteiger partial charge in [0, 0.05) is 35.0 Å². The summed E-state index contributed by atoms with van der Waals surface area (Å²) in [6.45, 7) is 13.5. The Bertz CT molecular complexity index is 1540. The minimum atomic E-state index is -0.340. The molecule has 0 fully saturated rings. The number of fused-ring (bicyclic) bond motifs is 1. The van der Waals surface area contributed by atoms with E-state index in [0.29, 0.717) is 40.3 Å². The highest BCUT2D eigenvalue weighted by Gasteiger charge is 2.15. The predicted octanol–water partition coefficient (Wildman–Crippen LogP) is 7.74. The zero-order chi connectivity index (χ0) is 31.5. The smallest absolute Gasteiger partial charge is 0.260 e. The van der Waals surface area contributed by atoms with Crippen LogP contribution in [0.15, 0.2) is 96.1 Å². The van der Waals surface area contributed by atoms with Gasteiger partial charge in [-0.1, -0.05) is 83.7 Å². The maximum Gasteiger partial charge on any atom is 0.260 e. The quantitative estimate of drug-likeness (QED) is 0.119. The van der Waals surface area contributed by atoms with E-state index < -0.39 is 0 Å². The van der Waals surface area contributed by atoms with E-state index in [1.807, 2.05) is 77.1 Å². The average molecular weight is 586 g/mol. The Morgan fingerprint density at radius 2 is 1.71 bits per heavy atom. The summed E-state index contributed by atoms with van der Waals surface area (Å²) in [6, 6.07) is 18.7. The Morgan fingerprint density at radius 3 is 2.33 bits per heavy atom. The molecule has 4 aromatic rings. The third-order valence-corrected chi connectivity index (χ3v) is 5.76. The topological polar surface area (TPSA) is 88.9 Å². The van der Waals surface area contributed by atoms with Crippen LogP contribution in [0, 0.1) is 12.8 Å². The number of allylic oxidation sites excluding steroid dienone is 2. The van der Waals surface area contributed by atoms with Gasteiger partial charge in [0.2, 0.25) is 11.9 Å². The number of carbonyl (C=O) groups excluding carboxylic acids is 1. The molecule has 0 saturated heterocycles. The van der Waals surface area contributed by atoms with E-state index >= 15 is 0 Å². The van der Waals surface area contributed by atoms with Gasteiger partial charge in [-0.05, 0) is 42.3 Å². The summed E-state index contributed by atoms with van der Waals surface area (Å²) in [5.41, 5.74) is 3.73. The summed E-state index contributed by atoms with van der Waals surface area (Å²) in [5.74, 6) is 0.276. The van der Waals surface area contributed by atoms with Crippen molar-refractivity contribution < 1.29 is 4.79 Å². The Labute approximate surface area is 254 Å². The highest BCUT2D eigenvalue weighted by molar-refractivity contribution is 6.19. The normalized spacial score (nSPS) is 10.0. The number of amides is 1. The molecule has 220 valence electrons. The van der Waals surface area contributed by atoms with Crippen molar-refractivity contribution in [1.29, 1.82) is 0 Å². The number of alkyl halides is 1. The summed E-state index contributed by atoms with van der Waals surface area (Å²) in [6.07, 6.45) is 14.1. The molecule has 2 N–H and O–H groups in total. The molecule has 0 aliphatic carbocycles. The first-order valence-electron chi connectivity index (χ1n) is 13.9. The van der Waals surface area contributed by atoms with Crippen molar-refractivity contribution in [3.63, 3.8) is 0 Å². The van der Waals surface area contributed by atoms with Gasteiger partial charge in [-0.25, -0.2) is 4.98 Å². The highest BCUT2D eigenvalue weighted by atomic mass is 35.5. The Kier molecular flexibility index (Phi) is 16.3. The minimum Gasteiger partial charge on any atom is -0.327 e.